The molecule has 156 valence electrons. The Hall–Kier alpha value is -2.80. The van der Waals surface area contributed by atoms with Crippen LogP contribution in [0.2, 0.25) is 5.15 Å². The summed E-state index contributed by atoms with van der Waals surface area (Å²) in [6.07, 6.45) is 3.07. The summed E-state index contributed by atoms with van der Waals surface area (Å²) in [6, 6.07) is 5.06. The van der Waals surface area contributed by atoms with E-state index in [-0.39, 0.29) is 12.5 Å². The topological polar surface area (TPSA) is 82.5 Å². The Morgan fingerprint density at radius 1 is 1.31 bits per heavy atom. The summed E-state index contributed by atoms with van der Waals surface area (Å²) in [7, 11) is 2.78. The van der Waals surface area contributed by atoms with Crippen molar-refractivity contribution >= 4 is 29.6 Å². The lowest BCUT2D eigenvalue weighted by Crippen LogP contribution is -2.20. The molecule has 0 fully saturated rings. The largest absolute Gasteiger partial charge is 0.496 e. The second-order valence-corrected chi connectivity index (χ2v) is 7.30. The molecule has 0 aliphatic carbocycles. The maximum absolute atomic E-state index is 12.2. The van der Waals surface area contributed by atoms with Crippen LogP contribution in [0.4, 0.5) is 0 Å². The molecule has 0 unspecified atom stereocenters. The fourth-order valence-electron chi connectivity index (χ4n) is 2.77. The highest BCUT2D eigenvalue weighted by Gasteiger charge is 2.14. The molecule has 1 N–H and O–H groups in total. The zero-order valence-corrected chi connectivity index (χ0v) is 18.0. The number of carbonyl (C=O) groups is 2. The molecule has 0 aliphatic rings. The Kier molecular flexibility index (Phi) is 7.84. The number of nitrogens with one attached hydrogen (secondary N) is 1. The average Bonchev–Trinajstić information content (AvgIpc) is 2.95. The van der Waals surface area contributed by atoms with Crippen molar-refractivity contribution < 1.29 is 19.1 Å². The molecular weight excluding hydrogens is 394 g/mol. The van der Waals surface area contributed by atoms with Crippen molar-refractivity contribution in [3.8, 4) is 5.75 Å². The molecule has 1 amide bonds. The van der Waals surface area contributed by atoms with Gasteiger partial charge in [0.1, 0.15) is 16.5 Å². The van der Waals surface area contributed by atoms with Crippen LogP contribution >= 0.6 is 11.6 Å². The van der Waals surface area contributed by atoms with Gasteiger partial charge in [0, 0.05) is 24.7 Å². The molecule has 29 heavy (non-hydrogen) atoms. The standard InChI is InChI=1S/C21H26ClN3O4/c1-13(2)12-25-20(22)16(14(3)24-25)7-9-19(26)23-11-15-6-8-18(28-4)17(10-15)21(27)29-5/h6-10,13H,11-12H2,1-5H3,(H,23,26)/b9-7+. The van der Waals surface area contributed by atoms with E-state index in [4.69, 9.17) is 21.1 Å². The van der Waals surface area contributed by atoms with Crippen LogP contribution in [0.5, 0.6) is 5.75 Å². The third kappa shape index (κ3) is 5.84. The molecule has 1 aromatic carbocycles. The number of methoxy groups -OCH3 is 2. The van der Waals surface area contributed by atoms with Gasteiger partial charge in [-0.2, -0.15) is 5.10 Å². The first-order valence-corrected chi connectivity index (χ1v) is 9.58. The molecule has 2 aromatic rings. The fourth-order valence-corrected chi connectivity index (χ4v) is 3.07. The van der Waals surface area contributed by atoms with Crippen molar-refractivity contribution in [3.05, 3.63) is 51.8 Å². The molecule has 1 aromatic heterocycles. The number of esters is 1. The van der Waals surface area contributed by atoms with Gasteiger partial charge in [-0.25, -0.2) is 4.79 Å². The number of benzene rings is 1. The van der Waals surface area contributed by atoms with E-state index in [9.17, 15) is 9.59 Å². The molecule has 0 atom stereocenters. The number of amides is 1. The van der Waals surface area contributed by atoms with Crippen molar-refractivity contribution in [3.63, 3.8) is 0 Å². The Balaban J connectivity index is 2.05. The van der Waals surface area contributed by atoms with Crippen LogP contribution in [0.3, 0.4) is 0 Å². The molecule has 7 nitrogen and oxygen atoms in total. The highest BCUT2D eigenvalue weighted by Crippen LogP contribution is 2.23. The van der Waals surface area contributed by atoms with E-state index < -0.39 is 5.97 Å². The third-order valence-electron chi connectivity index (χ3n) is 4.18. The maximum atomic E-state index is 12.2. The molecule has 0 spiro atoms. The van der Waals surface area contributed by atoms with Gasteiger partial charge in [-0.1, -0.05) is 31.5 Å². The summed E-state index contributed by atoms with van der Waals surface area (Å²) in [5, 5.41) is 7.71. The Morgan fingerprint density at radius 3 is 2.66 bits per heavy atom. The van der Waals surface area contributed by atoms with Crippen molar-refractivity contribution in [2.24, 2.45) is 5.92 Å². The van der Waals surface area contributed by atoms with E-state index in [1.165, 1.54) is 20.3 Å². The Bertz CT molecular complexity index is 919. The number of hydrogen-bond donors (Lipinski definition) is 1. The van der Waals surface area contributed by atoms with E-state index >= 15 is 0 Å². The van der Waals surface area contributed by atoms with Gasteiger partial charge in [0.2, 0.25) is 5.91 Å². The highest BCUT2D eigenvalue weighted by atomic mass is 35.5. The minimum atomic E-state index is -0.501. The van der Waals surface area contributed by atoms with Gasteiger partial charge in [0.15, 0.2) is 0 Å². The molecule has 8 heteroatoms. The van der Waals surface area contributed by atoms with Gasteiger partial charge in [-0.05, 0) is 36.6 Å². The van der Waals surface area contributed by atoms with E-state index in [0.717, 1.165) is 16.8 Å². The van der Waals surface area contributed by atoms with Crippen LogP contribution in [0.1, 0.15) is 41.0 Å². The van der Waals surface area contributed by atoms with Gasteiger partial charge < -0.3 is 14.8 Å². The van der Waals surface area contributed by atoms with Crippen molar-refractivity contribution in [1.82, 2.24) is 15.1 Å². The molecule has 1 heterocycles. The quantitative estimate of drug-likeness (QED) is 0.522. The number of hydrogen-bond acceptors (Lipinski definition) is 5. The first-order chi connectivity index (χ1) is 13.8. The minimum absolute atomic E-state index is 0.247. The molecule has 0 aliphatic heterocycles. The van der Waals surface area contributed by atoms with E-state index in [0.29, 0.717) is 28.9 Å². The SMILES string of the molecule is COC(=O)c1cc(CNC(=O)/C=C/c2c(C)nn(CC(C)C)c2Cl)ccc1OC. The summed E-state index contributed by atoms with van der Waals surface area (Å²) < 4.78 is 11.7. The fraction of sp³-hybridized carbons (Fsp3) is 0.381. The van der Waals surface area contributed by atoms with Crippen LogP contribution in [-0.2, 0) is 22.6 Å². The van der Waals surface area contributed by atoms with Crippen LogP contribution < -0.4 is 10.1 Å². The second kappa shape index (κ2) is 10.1. The number of aromatic nitrogens is 2. The van der Waals surface area contributed by atoms with Gasteiger partial charge >= 0.3 is 5.97 Å². The number of carbonyl (C=O) groups excluding carboxylic acids is 2. The number of rotatable bonds is 8. The molecule has 2 rings (SSSR count). The number of aryl methyl sites for hydroxylation is 1. The smallest absolute Gasteiger partial charge is 0.341 e. The lowest BCUT2D eigenvalue weighted by atomic mass is 10.1. The van der Waals surface area contributed by atoms with Crippen LogP contribution in [-0.4, -0.2) is 35.9 Å². The zero-order valence-electron chi connectivity index (χ0n) is 17.3. The lowest BCUT2D eigenvalue weighted by molar-refractivity contribution is -0.116. The van der Waals surface area contributed by atoms with Gasteiger partial charge in [-0.3, -0.25) is 9.48 Å². The third-order valence-corrected chi connectivity index (χ3v) is 4.58. The molecule has 0 saturated carbocycles. The van der Waals surface area contributed by atoms with E-state index in [1.807, 2.05) is 6.92 Å². The van der Waals surface area contributed by atoms with Crippen LogP contribution in [0.15, 0.2) is 24.3 Å². The van der Waals surface area contributed by atoms with Gasteiger partial charge in [0.25, 0.3) is 0 Å². The second-order valence-electron chi connectivity index (χ2n) is 6.94. The summed E-state index contributed by atoms with van der Waals surface area (Å²) >= 11 is 6.38. The maximum Gasteiger partial charge on any atom is 0.341 e. The predicted octanol–water partition coefficient (Wildman–Crippen LogP) is 3.63. The monoisotopic (exact) mass is 419 g/mol. The number of ether oxygens (including phenoxy) is 2. The Labute approximate surface area is 175 Å². The normalized spacial score (nSPS) is 11.1. The zero-order chi connectivity index (χ0) is 21.6. The highest BCUT2D eigenvalue weighted by molar-refractivity contribution is 6.31. The van der Waals surface area contributed by atoms with Crippen molar-refractivity contribution in [1.29, 1.82) is 0 Å². The van der Waals surface area contributed by atoms with Crippen LogP contribution in [0, 0.1) is 12.8 Å². The van der Waals surface area contributed by atoms with Crippen molar-refractivity contribution in [2.75, 3.05) is 14.2 Å². The lowest BCUT2D eigenvalue weighted by Gasteiger charge is -2.09. The van der Waals surface area contributed by atoms with Gasteiger partial charge in [0.05, 0.1) is 19.9 Å². The molecule has 0 bridgehead atoms. The summed E-state index contributed by atoms with van der Waals surface area (Å²) in [6.45, 7) is 6.98. The molecular formula is C21H26ClN3O4. The van der Waals surface area contributed by atoms with Crippen LogP contribution in [0.25, 0.3) is 6.08 Å². The van der Waals surface area contributed by atoms with E-state index in [1.54, 1.807) is 29.0 Å². The minimum Gasteiger partial charge on any atom is -0.496 e. The van der Waals surface area contributed by atoms with E-state index in [2.05, 4.69) is 24.3 Å². The number of nitrogens with zero attached hydrogens (tertiary/aromatic N) is 2. The number of halogens is 1. The summed E-state index contributed by atoms with van der Waals surface area (Å²) in [5.74, 6) is 0.0348. The Morgan fingerprint density at radius 2 is 2.03 bits per heavy atom. The average molecular weight is 420 g/mol. The summed E-state index contributed by atoms with van der Waals surface area (Å²) in [5.41, 5.74) is 2.53. The first-order valence-electron chi connectivity index (χ1n) is 9.20. The van der Waals surface area contributed by atoms with Crippen molar-refractivity contribution in [2.45, 2.75) is 33.9 Å². The van der Waals surface area contributed by atoms with Gasteiger partial charge in [-0.15, -0.1) is 0 Å². The molecule has 0 saturated heterocycles. The molecule has 0 radical (unpaired) electrons. The first kappa shape index (κ1) is 22.5. The summed E-state index contributed by atoms with van der Waals surface area (Å²) in [4.78, 5) is 24.1. The predicted molar refractivity (Wildman–Crippen MR) is 112 cm³/mol.